The Bertz CT molecular complexity index is 1810. The summed E-state index contributed by atoms with van der Waals surface area (Å²) in [5, 5.41) is 15.5. The van der Waals surface area contributed by atoms with Crippen molar-refractivity contribution in [3.05, 3.63) is 58.9 Å². The molecule has 1 aromatic carbocycles. The fourth-order valence-corrected chi connectivity index (χ4v) is 6.73. The number of imidazole rings is 1. The van der Waals surface area contributed by atoms with Crippen LogP contribution in [-0.4, -0.2) is 92.6 Å². The quantitative estimate of drug-likeness (QED) is 0.247. The summed E-state index contributed by atoms with van der Waals surface area (Å²) in [5.74, 6) is 0.855. The molecule has 4 aromatic rings. The third kappa shape index (κ3) is 9.62. The summed E-state index contributed by atoms with van der Waals surface area (Å²) in [6.45, 7) is 6.60. The minimum absolute atomic E-state index is 0.109. The number of carbonyl (C=O) groups is 4. The molecule has 15 nitrogen and oxygen atoms in total. The van der Waals surface area contributed by atoms with Crippen molar-refractivity contribution < 1.29 is 28.7 Å². The Morgan fingerprint density at radius 3 is 2.59 bits per heavy atom. The molecule has 274 valence electrons. The highest BCUT2D eigenvalue weighted by Gasteiger charge is 2.29. The Balaban J connectivity index is 1.36. The van der Waals surface area contributed by atoms with Crippen molar-refractivity contribution in [1.82, 2.24) is 45.0 Å². The number of amides is 4. The average molecular weight is 722 g/mol. The Morgan fingerprint density at radius 2 is 1.84 bits per heavy atom. The zero-order valence-electron chi connectivity index (χ0n) is 29.8. The summed E-state index contributed by atoms with van der Waals surface area (Å²) in [5.41, 5.74) is 1.54. The molecule has 3 aromatic heterocycles. The van der Waals surface area contributed by atoms with E-state index in [-0.39, 0.29) is 48.9 Å². The third-order valence-corrected chi connectivity index (χ3v) is 9.76. The highest BCUT2D eigenvalue weighted by molar-refractivity contribution is 7.15. The van der Waals surface area contributed by atoms with Crippen LogP contribution in [0.1, 0.15) is 75.4 Å². The molecule has 0 fully saturated rings. The van der Waals surface area contributed by atoms with E-state index in [4.69, 9.17) is 14.5 Å². The molecule has 51 heavy (non-hydrogen) atoms. The molecule has 16 heteroatoms. The van der Waals surface area contributed by atoms with Crippen LogP contribution >= 0.6 is 11.3 Å². The van der Waals surface area contributed by atoms with Crippen LogP contribution in [0.3, 0.4) is 0 Å². The van der Waals surface area contributed by atoms with Gasteiger partial charge in [-0.05, 0) is 43.4 Å². The predicted octanol–water partition coefficient (Wildman–Crippen LogP) is 2.67. The summed E-state index contributed by atoms with van der Waals surface area (Å²) in [6, 6.07) is 4.12. The lowest BCUT2D eigenvalue weighted by Crippen LogP contribution is -2.51. The Kier molecular flexibility index (Phi) is 12.6. The fourth-order valence-electron chi connectivity index (χ4n) is 6.01. The number of fused-ring (bicyclic) bond motifs is 2. The Labute approximate surface area is 301 Å². The van der Waals surface area contributed by atoms with E-state index in [2.05, 4.69) is 26.0 Å². The van der Waals surface area contributed by atoms with Crippen LogP contribution in [0.4, 0.5) is 0 Å². The fraction of sp³-hybridized carbons (Fsp3) is 0.514. The zero-order valence-corrected chi connectivity index (χ0v) is 30.6. The van der Waals surface area contributed by atoms with Crippen LogP contribution in [0.25, 0.3) is 4.96 Å². The molecule has 0 aliphatic carbocycles. The van der Waals surface area contributed by atoms with Crippen molar-refractivity contribution in [2.45, 2.75) is 77.9 Å². The van der Waals surface area contributed by atoms with Crippen LogP contribution in [0.15, 0.2) is 36.0 Å². The summed E-state index contributed by atoms with van der Waals surface area (Å²) in [6.07, 6.45) is 5.94. The van der Waals surface area contributed by atoms with Gasteiger partial charge in [-0.25, -0.2) is 14.6 Å². The van der Waals surface area contributed by atoms with Gasteiger partial charge in [-0.3, -0.25) is 23.6 Å². The predicted molar refractivity (Wildman–Crippen MR) is 191 cm³/mol. The monoisotopic (exact) mass is 721 g/mol. The second-order valence-corrected chi connectivity index (χ2v) is 13.6. The molecule has 4 amide bonds. The van der Waals surface area contributed by atoms with Crippen LogP contribution in [-0.2, 0) is 38.6 Å². The van der Waals surface area contributed by atoms with E-state index in [0.29, 0.717) is 74.2 Å². The lowest BCUT2D eigenvalue weighted by atomic mass is 9.97. The van der Waals surface area contributed by atoms with Crippen LogP contribution in [0.2, 0.25) is 0 Å². The molecule has 0 saturated carbocycles. The number of aromatic nitrogens is 5. The van der Waals surface area contributed by atoms with Gasteiger partial charge in [0.25, 0.3) is 0 Å². The van der Waals surface area contributed by atoms with Gasteiger partial charge in [-0.2, -0.15) is 5.10 Å². The standard InChI is InChI=1S/C35H47N9O6S/c1-6-22(2)32-34(48)37-23(3)33-39-28(18-24-10-11-26(49-4)27(17-24)50-5)41-44(33)21-30(46)36-12-8-14-42(13-7-9-29(45)40-32)31(47)19-25-20-43-15-16-51-35(43)38-25/h10-11,15-17,20,22-23,32H,6-9,12-14,18-19,21H2,1-5H3,(H,36,46)(H,37,48)(H,40,45)/t22-,23+,32-/m0/s1. The van der Waals surface area contributed by atoms with Gasteiger partial charge in [-0.1, -0.05) is 26.3 Å². The van der Waals surface area contributed by atoms with E-state index in [9.17, 15) is 19.2 Å². The molecule has 1 aliphatic rings. The van der Waals surface area contributed by atoms with E-state index in [0.717, 1.165) is 10.5 Å². The maximum Gasteiger partial charge on any atom is 0.243 e. The molecule has 0 spiro atoms. The van der Waals surface area contributed by atoms with Gasteiger partial charge in [0.05, 0.1) is 32.4 Å². The number of nitrogens with zero attached hydrogens (tertiary/aromatic N) is 6. The van der Waals surface area contributed by atoms with E-state index in [1.54, 1.807) is 32.1 Å². The maximum atomic E-state index is 13.7. The number of ether oxygens (including phenoxy) is 2. The number of hydrogen-bond donors (Lipinski definition) is 3. The summed E-state index contributed by atoms with van der Waals surface area (Å²) >= 11 is 1.49. The highest BCUT2D eigenvalue weighted by atomic mass is 32.1. The minimum Gasteiger partial charge on any atom is -0.493 e. The van der Waals surface area contributed by atoms with Crippen LogP contribution in [0.5, 0.6) is 11.5 Å². The topological polar surface area (TPSA) is 174 Å². The Hall–Kier alpha value is -4.99. The van der Waals surface area contributed by atoms with E-state index in [1.165, 1.54) is 16.0 Å². The zero-order chi connectivity index (χ0) is 36.5. The molecule has 1 aliphatic heterocycles. The lowest BCUT2D eigenvalue weighted by Gasteiger charge is -2.26. The van der Waals surface area contributed by atoms with Gasteiger partial charge in [-0.15, -0.1) is 11.3 Å². The number of benzene rings is 1. The number of carbonyl (C=O) groups excluding carboxylic acids is 4. The average Bonchev–Trinajstić information content (AvgIpc) is 3.82. The van der Waals surface area contributed by atoms with Crippen LogP contribution < -0.4 is 25.4 Å². The molecule has 4 heterocycles. The van der Waals surface area contributed by atoms with Gasteiger partial charge < -0.3 is 30.3 Å². The second-order valence-electron chi connectivity index (χ2n) is 12.8. The van der Waals surface area contributed by atoms with Crippen molar-refractivity contribution >= 4 is 39.9 Å². The lowest BCUT2D eigenvalue weighted by molar-refractivity contribution is -0.132. The number of methoxy groups -OCH3 is 2. The molecular formula is C35H47N9O6S. The van der Waals surface area contributed by atoms with Crippen molar-refractivity contribution in [3.63, 3.8) is 0 Å². The smallest absolute Gasteiger partial charge is 0.243 e. The van der Waals surface area contributed by atoms with Crippen molar-refractivity contribution in [1.29, 1.82) is 0 Å². The molecule has 0 radical (unpaired) electrons. The summed E-state index contributed by atoms with van der Waals surface area (Å²) in [7, 11) is 3.13. The first-order valence-electron chi connectivity index (χ1n) is 17.3. The first-order valence-corrected chi connectivity index (χ1v) is 18.2. The molecule has 0 saturated heterocycles. The molecule has 0 bridgehead atoms. The van der Waals surface area contributed by atoms with Crippen molar-refractivity contribution in [3.8, 4) is 11.5 Å². The number of nitrogens with one attached hydrogen (secondary N) is 3. The third-order valence-electron chi connectivity index (χ3n) is 8.99. The first kappa shape index (κ1) is 37.3. The number of hydrogen-bond acceptors (Lipinski definition) is 10. The van der Waals surface area contributed by atoms with E-state index < -0.39 is 12.1 Å². The van der Waals surface area contributed by atoms with E-state index >= 15 is 0 Å². The maximum absolute atomic E-state index is 13.7. The molecule has 3 atom stereocenters. The summed E-state index contributed by atoms with van der Waals surface area (Å²) in [4.78, 5) is 65.3. The van der Waals surface area contributed by atoms with Gasteiger partial charge in [0.2, 0.25) is 23.6 Å². The number of thiazole rings is 1. The van der Waals surface area contributed by atoms with Gasteiger partial charge in [0.15, 0.2) is 22.3 Å². The minimum atomic E-state index is -0.790. The van der Waals surface area contributed by atoms with Crippen molar-refractivity contribution in [2.75, 3.05) is 33.9 Å². The largest absolute Gasteiger partial charge is 0.493 e. The van der Waals surface area contributed by atoms with Gasteiger partial charge >= 0.3 is 0 Å². The van der Waals surface area contributed by atoms with Gasteiger partial charge in [0.1, 0.15) is 18.4 Å². The van der Waals surface area contributed by atoms with Crippen molar-refractivity contribution in [2.24, 2.45) is 5.92 Å². The second kappa shape index (κ2) is 17.3. The normalized spacial score (nSPS) is 18.9. The van der Waals surface area contributed by atoms with Crippen LogP contribution in [0, 0.1) is 5.92 Å². The number of rotatable bonds is 8. The van der Waals surface area contributed by atoms with Gasteiger partial charge in [0, 0.05) is 50.2 Å². The van der Waals surface area contributed by atoms with E-state index in [1.807, 2.05) is 48.2 Å². The Morgan fingerprint density at radius 1 is 1.06 bits per heavy atom. The molecule has 5 rings (SSSR count). The molecule has 0 unspecified atom stereocenters. The molecular weight excluding hydrogens is 675 g/mol. The molecule has 3 N–H and O–H groups in total. The first-order chi connectivity index (χ1) is 24.6. The SMILES string of the molecule is CC[C@H](C)[C@@H]1NC(=O)CCCN(C(=O)Cc2cn3ccsc3n2)CCCNC(=O)Cn2nc(Cc3ccc(OC)c(OC)c3)nc2[C@@H](C)NC1=O. The summed E-state index contributed by atoms with van der Waals surface area (Å²) < 4.78 is 14.2. The highest BCUT2D eigenvalue weighted by Crippen LogP contribution is 2.28.